The van der Waals surface area contributed by atoms with Crippen molar-refractivity contribution in [3.05, 3.63) is 0 Å². The molecule has 4 heteroatoms. The topological polar surface area (TPSA) is 86.7 Å². The summed E-state index contributed by atoms with van der Waals surface area (Å²) in [5, 5.41) is 26.0. The minimum atomic E-state index is -0.508. The Morgan fingerprint density at radius 1 is 0.833 bits per heavy atom. The Labute approximate surface area is 73.0 Å². The smallest absolute Gasteiger partial charge is 0.0448 e. The monoisotopic (exact) mass is 177 g/mol. The molecular formula is C8H19NO3. The maximum Gasteiger partial charge on any atom is 0.0448 e. The highest BCUT2D eigenvalue weighted by atomic mass is 16.3. The van der Waals surface area contributed by atoms with Crippen molar-refractivity contribution < 1.29 is 15.3 Å². The van der Waals surface area contributed by atoms with Gasteiger partial charge in [-0.3, -0.25) is 0 Å². The molecule has 0 bridgehead atoms. The number of aliphatic hydroxyl groups is 3. The van der Waals surface area contributed by atoms with Crippen LogP contribution in [-0.2, 0) is 0 Å². The van der Waals surface area contributed by atoms with E-state index in [1.165, 1.54) is 0 Å². The van der Waals surface area contributed by atoms with Crippen molar-refractivity contribution in [2.75, 3.05) is 19.8 Å². The molecule has 0 aliphatic heterocycles. The van der Waals surface area contributed by atoms with Crippen molar-refractivity contribution in [1.29, 1.82) is 0 Å². The molecule has 0 rings (SSSR count). The highest BCUT2D eigenvalue weighted by Crippen LogP contribution is 2.17. The van der Waals surface area contributed by atoms with Gasteiger partial charge in [-0.15, -0.1) is 0 Å². The number of nitrogens with two attached hydrogens (primary N) is 1. The van der Waals surface area contributed by atoms with Gasteiger partial charge in [-0.1, -0.05) is 0 Å². The van der Waals surface area contributed by atoms with Crippen LogP contribution < -0.4 is 5.73 Å². The SMILES string of the molecule is NC(CCO)(CCO)CCCO. The zero-order chi connectivity index (χ0) is 9.45. The van der Waals surface area contributed by atoms with E-state index in [1.54, 1.807) is 0 Å². The molecule has 0 saturated carbocycles. The first kappa shape index (κ1) is 11.8. The predicted molar refractivity (Wildman–Crippen MR) is 46.6 cm³/mol. The Bertz CT molecular complexity index is 102. The molecule has 5 N–H and O–H groups in total. The third kappa shape index (κ3) is 4.66. The van der Waals surface area contributed by atoms with Gasteiger partial charge in [0.1, 0.15) is 0 Å². The first-order valence-corrected chi connectivity index (χ1v) is 4.30. The van der Waals surface area contributed by atoms with Crippen LogP contribution in [0.5, 0.6) is 0 Å². The van der Waals surface area contributed by atoms with Gasteiger partial charge in [0, 0.05) is 25.4 Å². The number of rotatable bonds is 7. The molecule has 4 nitrogen and oxygen atoms in total. The summed E-state index contributed by atoms with van der Waals surface area (Å²) in [5.41, 5.74) is 5.37. The second kappa shape index (κ2) is 6.37. The maximum absolute atomic E-state index is 8.70. The molecule has 0 saturated heterocycles. The van der Waals surface area contributed by atoms with Crippen LogP contribution in [0, 0.1) is 0 Å². The third-order valence-electron chi connectivity index (χ3n) is 2.05. The van der Waals surface area contributed by atoms with Gasteiger partial charge in [0.15, 0.2) is 0 Å². The standard InChI is InChI=1S/C8H19NO3/c9-8(3-6-11,4-7-12)2-1-5-10/h10-12H,1-7,9H2. The summed E-state index contributed by atoms with van der Waals surface area (Å²) in [7, 11) is 0. The molecule has 0 unspecified atom stereocenters. The van der Waals surface area contributed by atoms with E-state index in [2.05, 4.69) is 0 Å². The highest BCUT2D eigenvalue weighted by Gasteiger charge is 2.22. The lowest BCUT2D eigenvalue weighted by Crippen LogP contribution is -2.41. The highest BCUT2D eigenvalue weighted by molar-refractivity contribution is 4.83. The van der Waals surface area contributed by atoms with Crippen molar-refractivity contribution in [1.82, 2.24) is 0 Å². The molecule has 0 aromatic rings. The lowest BCUT2D eigenvalue weighted by molar-refractivity contribution is 0.174. The molecule has 0 atom stereocenters. The summed E-state index contributed by atoms with van der Waals surface area (Å²) < 4.78 is 0. The zero-order valence-corrected chi connectivity index (χ0v) is 7.37. The average molecular weight is 177 g/mol. The normalized spacial score (nSPS) is 12.0. The Balaban J connectivity index is 3.80. The van der Waals surface area contributed by atoms with E-state index in [0.717, 1.165) is 0 Å². The molecule has 0 radical (unpaired) electrons. The van der Waals surface area contributed by atoms with Crippen LogP contribution >= 0.6 is 0 Å². The largest absolute Gasteiger partial charge is 0.396 e. The molecule has 0 spiro atoms. The lowest BCUT2D eigenvalue weighted by Gasteiger charge is -2.27. The summed E-state index contributed by atoms with van der Waals surface area (Å²) in [4.78, 5) is 0. The van der Waals surface area contributed by atoms with Crippen molar-refractivity contribution in [3.63, 3.8) is 0 Å². The molecule has 0 aromatic heterocycles. The summed E-state index contributed by atoms with van der Waals surface area (Å²) in [6.07, 6.45) is 2.22. The average Bonchev–Trinajstić information content (AvgIpc) is 2.02. The quantitative estimate of drug-likeness (QED) is 0.411. The van der Waals surface area contributed by atoms with Crippen LogP contribution in [0.4, 0.5) is 0 Å². The third-order valence-corrected chi connectivity index (χ3v) is 2.05. The summed E-state index contributed by atoms with van der Waals surface area (Å²) in [6, 6.07) is 0. The molecule has 0 amide bonds. The molecule has 0 aliphatic rings. The predicted octanol–water partition coefficient (Wildman–Crippen LogP) is -0.779. The summed E-state index contributed by atoms with van der Waals surface area (Å²) >= 11 is 0. The zero-order valence-electron chi connectivity index (χ0n) is 7.37. The minimum absolute atomic E-state index is 0.0297. The molecule has 0 heterocycles. The van der Waals surface area contributed by atoms with Crippen molar-refractivity contribution in [2.45, 2.75) is 31.2 Å². The van der Waals surface area contributed by atoms with Gasteiger partial charge >= 0.3 is 0 Å². The van der Waals surface area contributed by atoms with Gasteiger partial charge in [0.25, 0.3) is 0 Å². The van der Waals surface area contributed by atoms with Crippen LogP contribution in [-0.4, -0.2) is 40.7 Å². The van der Waals surface area contributed by atoms with Crippen LogP contribution in [0.3, 0.4) is 0 Å². The van der Waals surface area contributed by atoms with E-state index in [-0.39, 0.29) is 19.8 Å². The van der Waals surface area contributed by atoms with Gasteiger partial charge in [0.05, 0.1) is 0 Å². The Morgan fingerprint density at radius 3 is 1.67 bits per heavy atom. The van der Waals surface area contributed by atoms with E-state index >= 15 is 0 Å². The second-order valence-corrected chi connectivity index (χ2v) is 3.14. The van der Waals surface area contributed by atoms with E-state index in [0.29, 0.717) is 25.7 Å². The fourth-order valence-electron chi connectivity index (χ4n) is 1.25. The lowest BCUT2D eigenvalue weighted by atomic mass is 9.88. The molecule has 0 aromatic carbocycles. The van der Waals surface area contributed by atoms with Crippen molar-refractivity contribution >= 4 is 0 Å². The number of hydrogen-bond donors (Lipinski definition) is 4. The van der Waals surface area contributed by atoms with Crippen LogP contribution in [0.2, 0.25) is 0 Å². The fraction of sp³-hybridized carbons (Fsp3) is 1.00. The second-order valence-electron chi connectivity index (χ2n) is 3.14. The van der Waals surface area contributed by atoms with Crippen LogP contribution in [0.15, 0.2) is 0 Å². The van der Waals surface area contributed by atoms with Crippen LogP contribution in [0.1, 0.15) is 25.7 Å². The van der Waals surface area contributed by atoms with Crippen molar-refractivity contribution in [3.8, 4) is 0 Å². The molecule has 74 valence electrons. The fourth-order valence-corrected chi connectivity index (χ4v) is 1.25. The van der Waals surface area contributed by atoms with E-state index in [1.807, 2.05) is 0 Å². The Hall–Kier alpha value is -0.160. The van der Waals surface area contributed by atoms with Gasteiger partial charge in [0.2, 0.25) is 0 Å². The van der Waals surface area contributed by atoms with Gasteiger partial charge in [-0.25, -0.2) is 0 Å². The molecule has 0 aliphatic carbocycles. The van der Waals surface area contributed by atoms with E-state index in [4.69, 9.17) is 21.1 Å². The van der Waals surface area contributed by atoms with Gasteiger partial charge in [-0.05, 0) is 25.7 Å². The van der Waals surface area contributed by atoms with E-state index in [9.17, 15) is 0 Å². The van der Waals surface area contributed by atoms with Gasteiger partial charge in [-0.2, -0.15) is 0 Å². The first-order valence-electron chi connectivity index (χ1n) is 4.30. The summed E-state index contributed by atoms with van der Waals surface area (Å²) in [6.45, 7) is 0.166. The molecular weight excluding hydrogens is 158 g/mol. The van der Waals surface area contributed by atoms with E-state index < -0.39 is 5.54 Å². The Kier molecular flexibility index (Phi) is 6.28. The van der Waals surface area contributed by atoms with Crippen LogP contribution in [0.25, 0.3) is 0 Å². The maximum atomic E-state index is 8.70. The summed E-state index contributed by atoms with van der Waals surface area (Å²) in [5.74, 6) is 0. The molecule has 0 fully saturated rings. The number of aliphatic hydroxyl groups excluding tert-OH is 3. The molecule has 12 heavy (non-hydrogen) atoms. The van der Waals surface area contributed by atoms with Crippen molar-refractivity contribution in [2.24, 2.45) is 5.73 Å². The number of hydrogen-bond acceptors (Lipinski definition) is 4. The first-order chi connectivity index (χ1) is 5.68. The minimum Gasteiger partial charge on any atom is -0.396 e. The Morgan fingerprint density at radius 2 is 1.33 bits per heavy atom. The van der Waals surface area contributed by atoms with Gasteiger partial charge < -0.3 is 21.1 Å².